The van der Waals surface area contributed by atoms with Crippen molar-refractivity contribution in [1.82, 2.24) is 14.5 Å². The number of carbonyl (C=O) groups excluding carboxylic acids is 5. The largest absolute Gasteiger partial charge is 0.458 e. The number of nitrogens with zero attached hydrogens (tertiary/aromatic N) is 3. The number of fused-ring (bicyclic) bond motifs is 1. The van der Waals surface area contributed by atoms with E-state index in [1.54, 1.807) is 41.5 Å². The number of thioether (sulfide) groups is 1. The number of rotatable bonds is 10. The van der Waals surface area contributed by atoms with Crippen LogP contribution >= 0.6 is 11.8 Å². The number of anilines is 1. The Kier molecular flexibility index (Phi) is 15.2. The van der Waals surface area contributed by atoms with Gasteiger partial charge in [0, 0.05) is 56.2 Å². The summed E-state index contributed by atoms with van der Waals surface area (Å²) in [6.45, 7) is 15.2. The minimum atomic E-state index is -1.44. The lowest BCUT2D eigenvalue weighted by atomic mass is 9.70. The summed E-state index contributed by atoms with van der Waals surface area (Å²) in [6, 6.07) is 1.22. The molecule has 4 rings (SSSR count). The number of cyclic esters (lactones) is 1. The zero-order valence-electron chi connectivity index (χ0n) is 35.3. The smallest absolute Gasteiger partial charge is 0.349 e. The van der Waals surface area contributed by atoms with Crippen molar-refractivity contribution in [2.24, 2.45) is 29.6 Å². The summed E-state index contributed by atoms with van der Waals surface area (Å²) in [5, 5.41) is -0.864. The number of aromatic nitrogens is 2. The maximum atomic E-state index is 14.7. The van der Waals surface area contributed by atoms with Gasteiger partial charge < -0.3 is 39.1 Å². The van der Waals surface area contributed by atoms with Crippen LogP contribution < -0.4 is 11.4 Å². The van der Waals surface area contributed by atoms with E-state index in [1.165, 1.54) is 49.5 Å². The van der Waals surface area contributed by atoms with Crippen LogP contribution in [-0.2, 0) is 58.9 Å². The number of Topliss-reactive ketones (excluding diaryl/α,β-unsaturated/α-hetero) is 2. The van der Waals surface area contributed by atoms with Crippen LogP contribution in [0.3, 0.4) is 0 Å². The maximum Gasteiger partial charge on any atom is 0.349 e. The van der Waals surface area contributed by atoms with E-state index in [4.69, 9.17) is 34.2 Å². The molecule has 320 valence electrons. The van der Waals surface area contributed by atoms with Crippen molar-refractivity contribution in [3.63, 3.8) is 0 Å². The molecule has 0 radical (unpaired) electrons. The van der Waals surface area contributed by atoms with Crippen molar-refractivity contribution in [1.29, 1.82) is 0 Å². The normalized spacial score (nSPS) is 38.3. The fraction of sp³-hybridized carbons (Fsp3) is 0.775. The molecule has 0 unspecified atom stereocenters. The fourth-order valence-corrected chi connectivity index (χ4v) is 10.4. The molecule has 1 aromatic heterocycles. The predicted octanol–water partition coefficient (Wildman–Crippen LogP) is 3.05. The second-order valence-corrected chi connectivity index (χ2v) is 17.8. The van der Waals surface area contributed by atoms with Gasteiger partial charge in [0.15, 0.2) is 23.8 Å². The van der Waals surface area contributed by atoms with Crippen molar-refractivity contribution >= 4 is 47.1 Å². The quantitative estimate of drug-likeness (QED) is 0.205. The minimum Gasteiger partial charge on any atom is -0.458 e. The van der Waals surface area contributed by atoms with Gasteiger partial charge in [-0.15, -0.1) is 11.8 Å². The molecule has 2 N–H and O–H groups in total. The summed E-state index contributed by atoms with van der Waals surface area (Å²) in [5.41, 5.74) is 2.35. The lowest BCUT2D eigenvalue weighted by Gasteiger charge is -2.47. The third-order valence-electron chi connectivity index (χ3n) is 12.1. The molecule has 17 heteroatoms. The number of methoxy groups -OCH3 is 1. The SMILES string of the molecule is CC[C@H]1OC(=O)[C@H](C)C(=O)[C@H](C)[C@@H](O[C@@H]2O[C@H](C)C[C@H](N(C)C)[C@H]2OC(C)=O)[C@](C)(OC)C[C@@H](C)C(=O)[C@H](C)[C@H]2[C@H](SCCn3ccc(N)nc3=O)C(=O)O[C@@]21C. The lowest BCUT2D eigenvalue weighted by Crippen LogP contribution is -2.60. The molecule has 3 aliphatic heterocycles. The van der Waals surface area contributed by atoms with E-state index in [0.717, 1.165) is 0 Å². The Balaban J connectivity index is 1.77. The molecule has 0 amide bonds. The van der Waals surface area contributed by atoms with Crippen LogP contribution in [0.15, 0.2) is 17.1 Å². The summed E-state index contributed by atoms with van der Waals surface area (Å²) in [4.78, 5) is 87.4. The molecule has 57 heavy (non-hydrogen) atoms. The van der Waals surface area contributed by atoms with Gasteiger partial charge in [0.2, 0.25) is 0 Å². The summed E-state index contributed by atoms with van der Waals surface area (Å²) in [5.74, 6) is -6.80. The standard InChI is InChI=1S/C40H62N4O12S/c1-13-27-40(9)29(33(36(49)56-40)57-17-16-44-15-14-28(41)42-38(44)50)22(4)30(46)20(2)19-39(8,51-12)34(23(5)31(47)24(6)35(48)54-27)55-37-32(53-25(7)45)26(43(10)11)18-21(3)52-37/h14-15,20-24,26-27,29,32-34,37H,13,16-19H2,1-12H3,(H2,41,42,50)/t20-,21-,22-,23+,24-,26+,27-,29+,32-,33+,34-,37+,39-,40-/m1/s1. The van der Waals surface area contributed by atoms with E-state index in [2.05, 4.69) is 4.98 Å². The van der Waals surface area contributed by atoms with Crippen LogP contribution in [0.25, 0.3) is 0 Å². The molecule has 4 heterocycles. The molecule has 14 atom stereocenters. The van der Waals surface area contributed by atoms with Crippen molar-refractivity contribution < 1.29 is 52.4 Å². The molecule has 0 spiro atoms. The van der Waals surface area contributed by atoms with Gasteiger partial charge >= 0.3 is 23.6 Å². The molecule has 3 fully saturated rings. The third-order valence-corrected chi connectivity index (χ3v) is 13.4. The number of ether oxygens (including phenoxy) is 6. The highest BCUT2D eigenvalue weighted by molar-refractivity contribution is 8.00. The molecule has 16 nitrogen and oxygen atoms in total. The number of nitrogens with two attached hydrogens (primary N) is 1. The van der Waals surface area contributed by atoms with Crippen LogP contribution in [-0.4, -0.2) is 124 Å². The van der Waals surface area contributed by atoms with Crippen LogP contribution in [0.2, 0.25) is 0 Å². The number of likely N-dealkylation sites (N-methyl/N-ethyl adjacent to an activating group) is 1. The lowest BCUT2D eigenvalue weighted by molar-refractivity contribution is -0.298. The van der Waals surface area contributed by atoms with Crippen LogP contribution in [0.1, 0.15) is 81.6 Å². The first-order valence-electron chi connectivity index (χ1n) is 19.7. The Hall–Kier alpha value is -3.38. The van der Waals surface area contributed by atoms with Crippen molar-refractivity contribution in [3.8, 4) is 0 Å². The summed E-state index contributed by atoms with van der Waals surface area (Å²) >= 11 is 1.24. The molecule has 3 saturated heterocycles. The van der Waals surface area contributed by atoms with Crippen LogP contribution in [0.5, 0.6) is 0 Å². The van der Waals surface area contributed by atoms with E-state index in [-0.39, 0.29) is 43.1 Å². The van der Waals surface area contributed by atoms with Crippen LogP contribution in [0.4, 0.5) is 5.82 Å². The molecular formula is C40H62N4O12S. The fourth-order valence-electron chi connectivity index (χ4n) is 8.94. The van der Waals surface area contributed by atoms with Gasteiger partial charge in [0.05, 0.1) is 23.9 Å². The Morgan fingerprint density at radius 1 is 1.05 bits per heavy atom. The third kappa shape index (κ3) is 9.91. The van der Waals surface area contributed by atoms with Crippen LogP contribution in [0, 0.1) is 29.6 Å². The maximum absolute atomic E-state index is 14.7. The number of esters is 3. The highest BCUT2D eigenvalue weighted by Crippen LogP contribution is 2.49. The van der Waals surface area contributed by atoms with Crippen molar-refractivity contribution in [2.45, 2.75) is 141 Å². The molecule has 0 saturated carbocycles. The zero-order valence-corrected chi connectivity index (χ0v) is 36.2. The second-order valence-electron chi connectivity index (χ2n) is 16.5. The zero-order chi connectivity index (χ0) is 42.7. The highest BCUT2D eigenvalue weighted by atomic mass is 32.2. The topological polar surface area (TPSA) is 205 Å². The van der Waals surface area contributed by atoms with Gasteiger partial charge in [-0.3, -0.25) is 28.5 Å². The Labute approximate surface area is 339 Å². The number of aryl methyl sites for hydroxylation is 1. The molecule has 3 aliphatic rings. The van der Waals surface area contributed by atoms with Gasteiger partial charge in [0.25, 0.3) is 0 Å². The summed E-state index contributed by atoms with van der Waals surface area (Å²) < 4.78 is 38.6. The van der Waals surface area contributed by atoms with E-state index in [9.17, 15) is 28.8 Å². The minimum absolute atomic E-state index is 0.0751. The highest BCUT2D eigenvalue weighted by Gasteiger charge is 2.61. The average molecular weight is 823 g/mol. The Morgan fingerprint density at radius 3 is 2.30 bits per heavy atom. The summed E-state index contributed by atoms with van der Waals surface area (Å²) in [7, 11) is 5.20. The number of ketones is 2. The van der Waals surface area contributed by atoms with Crippen molar-refractivity contribution in [3.05, 3.63) is 22.7 Å². The first-order valence-corrected chi connectivity index (χ1v) is 20.8. The van der Waals surface area contributed by atoms with Gasteiger partial charge in [-0.2, -0.15) is 4.98 Å². The molecule has 0 aliphatic carbocycles. The molecule has 0 bridgehead atoms. The van der Waals surface area contributed by atoms with E-state index < -0.39 is 100 Å². The summed E-state index contributed by atoms with van der Waals surface area (Å²) in [6.07, 6.45) is -2.07. The number of carbonyl (C=O) groups is 5. The number of nitrogen functional groups attached to an aromatic ring is 1. The second kappa shape index (κ2) is 18.7. The first kappa shape index (κ1) is 46.3. The van der Waals surface area contributed by atoms with E-state index in [1.807, 2.05) is 25.9 Å². The monoisotopic (exact) mass is 822 g/mol. The average Bonchev–Trinajstić information content (AvgIpc) is 3.40. The van der Waals surface area contributed by atoms with Crippen molar-refractivity contribution in [2.75, 3.05) is 32.7 Å². The molecule has 1 aromatic rings. The number of hydrogen-bond donors (Lipinski definition) is 1. The first-order chi connectivity index (χ1) is 26.6. The molecular weight excluding hydrogens is 761 g/mol. The number of hydrogen-bond acceptors (Lipinski definition) is 16. The Bertz CT molecular complexity index is 1710. The Morgan fingerprint density at radius 2 is 1.72 bits per heavy atom. The van der Waals surface area contributed by atoms with Gasteiger partial charge in [-0.25, -0.2) is 4.79 Å². The van der Waals surface area contributed by atoms with Gasteiger partial charge in [-0.05, 0) is 67.1 Å². The van der Waals surface area contributed by atoms with E-state index >= 15 is 0 Å². The van der Waals surface area contributed by atoms with Gasteiger partial charge in [0.1, 0.15) is 28.9 Å². The van der Waals surface area contributed by atoms with E-state index in [0.29, 0.717) is 12.2 Å². The molecule has 0 aromatic carbocycles. The predicted molar refractivity (Wildman–Crippen MR) is 211 cm³/mol. The van der Waals surface area contributed by atoms with Gasteiger partial charge in [-0.1, -0.05) is 27.7 Å².